The fraction of sp³-hybridized carbons (Fsp3) is 0.417. The van der Waals surface area contributed by atoms with Crippen molar-refractivity contribution in [3.63, 3.8) is 0 Å². The summed E-state index contributed by atoms with van der Waals surface area (Å²) in [5.41, 5.74) is 0. The minimum absolute atomic E-state index is 0.0138. The van der Waals surface area contributed by atoms with Gasteiger partial charge in [0.05, 0.1) is 13.0 Å². The van der Waals surface area contributed by atoms with Gasteiger partial charge in [0.15, 0.2) is 0 Å². The van der Waals surface area contributed by atoms with Crippen LogP contribution in [0.1, 0.15) is 6.42 Å². The molecule has 0 spiro atoms. The van der Waals surface area contributed by atoms with Crippen molar-refractivity contribution in [2.75, 3.05) is 13.2 Å². The molecule has 19 heavy (non-hydrogen) atoms. The number of nitrogens with one attached hydrogen (secondary N) is 1. The Kier molecular flexibility index (Phi) is 6.14. The van der Waals surface area contributed by atoms with Crippen LogP contribution in [0.5, 0.6) is 5.75 Å². The molecule has 0 aliphatic rings. The first-order chi connectivity index (χ1) is 8.99. The van der Waals surface area contributed by atoms with E-state index in [9.17, 15) is 18.0 Å². The van der Waals surface area contributed by atoms with E-state index in [4.69, 9.17) is 9.84 Å². The summed E-state index contributed by atoms with van der Waals surface area (Å²) in [6.45, 7) is -0.531. The molecule has 0 fully saturated rings. The highest BCUT2D eigenvalue weighted by molar-refractivity contribution is 5.76. The molecule has 0 aliphatic heterocycles. The normalized spacial score (nSPS) is 12.3. The van der Waals surface area contributed by atoms with Gasteiger partial charge in [0.25, 0.3) is 6.43 Å². The van der Waals surface area contributed by atoms with E-state index in [1.54, 1.807) is 0 Å². The molecule has 1 amide bonds. The topological polar surface area (TPSA) is 58.6 Å². The molecule has 1 aromatic rings. The first kappa shape index (κ1) is 15.3. The lowest BCUT2D eigenvalue weighted by Crippen LogP contribution is -2.36. The van der Waals surface area contributed by atoms with Crippen LogP contribution >= 0.6 is 0 Å². The van der Waals surface area contributed by atoms with E-state index >= 15 is 0 Å². The molecule has 1 unspecified atom stereocenters. The number of carbonyl (C=O) groups excluding carboxylic acids is 1. The van der Waals surface area contributed by atoms with Crippen molar-refractivity contribution >= 4 is 5.91 Å². The summed E-state index contributed by atoms with van der Waals surface area (Å²) in [5, 5.41) is 10.9. The van der Waals surface area contributed by atoms with Crippen LogP contribution in [0.15, 0.2) is 24.3 Å². The van der Waals surface area contributed by atoms with E-state index in [-0.39, 0.29) is 18.8 Å². The van der Waals surface area contributed by atoms with Crippen LogP contribution in [0.3, 0.4) is 0 Å². The number of aliphatic hydroxyl groups excluding tert-OH is 1. The first-order valence-corrected chi connectivity index (χ1v) is 5.60. The van der Waals surface area contributed by atoms with Gasteiger partial charge < -0.3 is 15.2 Å². The molecular formula is C12H14F3NO3. The summed E-state index contributed by atoms with van der Waals surface area (Å²) in [5.74, 6) is -0.710. The zero-order valence-electron chi connectivity index (χ0n) is 9.98. The van der Waals surface area contributed by atoms with Gasteiger partial charge in [-0.15, -0.1) is 0 Å². The predicted molar refractivity (Wildman–Crippen MR) is 61.5 cm³/mol. The maximum Gasteiger partial charge on any atom is 0.265 e. The van der Waals surface area contributed by atoms with Crippen LogP contribution in [-0.2, 0) is 4.79 Å². The first-order valence-electron chi connectivity index (χ1n) is 5.60. The van der Waals surface area contributed by atoms with E-state index in [0.29, 0.717) is 0 Å². The summed E-state index contributed by atoms with van der Waals surface area (Å²) in [6.07, 6.45) is -4.86. The molecule has 0 saturated heterocycles. The molecule has 0 heterocycles. The van der Waals surface area contributed by atoms with E-state index < -0.39 is 30.8 Å². The Bertz CT molecular complexity index is 415. The van der Waals surface area contributed by atoms with Crippen molar-refractivity contribution in [3.8, 4) is 5.75 Å². The minimum atomic E-state index is -2.90. The predicted octanol–water partition coefficient (Wildman–Crippen LogP) is 1.34. The van der Waals surface area contributed by atoms with Crippen LogP contribution < -0.4 is 10.1 Å². The average Bonchev–Trinajstić information content (AvgIpc) is 2.36. The van der Waals surface area contributed by atoms with E-state index in [2.05, 4.69) is 5.32 Å². The van der Waals surface area contributed by atoms with Crippen molar-refractivity contribution < 1.29 is 27.8 Å². The molecule has 0 aliphatic carbocycles. The maximum absolute atomic E-state index is 12.8. The number of halogens is 3. The van der Waals surface area contributed by atoms with Gasteiger partial charge in [-0.05, 0) is 12.1 Å². The third-order valence-electron chi connectivity index (χ3n) is 2.19. The molecule has 106 valence electrons. The van der Waals surface area contributed by atoms with E-state index in [1.165, 1.54) is 24.3 Å². The molecule has 0 bridgehead atoms. The van der Waals surface area contributed by atoms with Gasteiger partial charge in [0.2, 0.25) is 5.91 Å². The van der Waals surface area contributed by atoms with Gasteiger partial charge in [-0.3, -0.25) is 4.79 Å². The van der Waals surface area contributed by atoms with Crippen molar-refractivity contribution in [2.24, 2.45) is 0 Å². The summed E-state index contributed by atoms with van der Waals surface area (Å²) in [4.78, 5) is 11.2. The number of rotatable bonds is 7. The number of carbonyl (C=O) groups is 1. The highest BCUT2D eigenvalue weighted by Crippen LogP contribution is 2.11. The quantitative estimate of drug-likeness (QED) is 0.790. The number of ether oxygens (including phenoxy) is 1. The van der Waals surface area contributed by atoms with Gasteiger partial charge in [-0.25, -0.2) is 13.2 Å². The second-order valence-electron chi connectivity index (χ2n) is 3.76. The molecule has 1 atom stereocenters. The highest BCUT2D eigenvalue weighted by atomic mass is 19.3. The lowest BCUT2D eigenvalue weighted by atomic mass is 10.3. The zero-order chi connectivity index (χ0) is 14.3. The van der Waals surface area contributed by atoms with Crippen molar-refractivity contribution in [3.05, 3.63) is 30.1 Å². The number of aliphatic hydroxyl groups is 1. The van der Waals surface area contributed by atoms with Crippen LogP contribution in [0, 0.1) is 5.82 Å². The van der Waals surface area contributed by atoms with Gasteiger partial charge in [-0.1, -0.05) is 6.07 Å². The zero-order valence-corrected chi connectivity index (χ0v) is 9.98. The fourth-order valence-electron chi connectivity index (χ4n) is 1.21. The Labute approximate surface area is 108 Å². The molecular weight excluding hydrogens is 263 g/mol. The monoisotopic (exact) mass is 277 g/mol. The Balaban J connectivity index is 2.20. The smallest absolute Gasteiger partial charge is 0.265 e. The van der Waals surface area contributed by atoms with Crippen molar-refractivity contribution in [1.29, 1.82) is 0 Å². The minimum Gasteiger partial charge on any atom is -0.493 e. The number of alkyl halides is 2. The largest absolute Gasteiger partial charge is 0.493 e. The molecule has 1 rings (SSSR count). The molecule has 2 N–H and O–H groups in total. The number of amides is 1. The number of benzene rings is 1. The van der Waals surface area contributed by atoms with Gasteiger partial charge in [0, 0.05) is 12.6 Å². The standard InChI is InChI=1S/C12H14F3NO3/c13-8-2-1-3-9(6-8)19-5-4-11(18)16-7-10(17)12(14)15/h1-3,6,10,12,17H,4-5,7H2,(H,16,18). The highest BCUT2D eigenvalue weighted by Gasteiger charge is 2.17. The molecule has 0 saturated carbocycles. The van der Waals surface area contributed by atoms with Crippen LogP contribution in [0.2, 0.25) is 0 Å². The fourth-order valence-corrected chi connectivity index (χ4v) is 1.21. The summed E-state index contributed by atoms with van der Waals surface area (Å²) >= 11 is 0. The Morgan fingerprint density at radius 2 is 2.16 bits per heavy atom. The Hall–Kier alpha value is -1.76. The molecule has 0 aromatic heterocycles. The van der Waals surface area contributed by atoms with Gasteiger partial charge in [-0.2, -0.15) is 0 Å². The van der Waals surface area contributed by atoms with Crippen LogP contribution in [0.4, 0.5) is 13.2 Å². The molecule has 1 aromatic carbocycles. The Morgan fingerprint density at radius 3 is 2.79 bits per heavy atom. The molecule has 4 nitrogen and oxygen atoms in total. The third kappa shape index (κ3) is 6.10. The lowest BCUT2D eigenvalue weighted by Gasteiger charge is -2.11. The maximum atomic E-state index is 12.8. The second-order valence-corrected chi connectivity index (χ2v) is 3.76. The lowest BCUT2D eigenvalue weighted by molar-refractivity contribution is -0.122. The molecule has 7 heteroatoms. The summed E-state index contributed by atoms with van der Waals surface area (Å²) in [6, 6.07) is 5.41. The van der Waals surface area contributed by atoms with Crippen LogP contribution in [-0.4, -0.2) is 36.7 Å². The number of hydrogen-bond donors (Lipinski definition) is 2. The third-order valence-corrected chi connectivity index (χ3v) is 2.19. The van der Waals surface area contributed by atoms with Gasteiger partial charge in [0.1, 0.15) is 17.7 Å². The van der Waals surface area contributed by atoms with E-state index in [0.717, 1.165) is 0 Å². The average molecular weight is 277 g/mol. The van der Waals surface area contributed by atoms with Crippen molar-refractivity contribution in [2.45, 2.75) is 19.0 Å². The number of hydrogen-bond acceptors (Lipinski definition) is 3. The SMILES string of the molecule is O=C(CCOc1cccc(F)c1)NCC(O)C(F)F. The van der Waals surface area contributed by atoms with Crippen molar-refractivity contribution in [1.82, 2.24) is 5.32 Å². The summed E-state index contributed by atoms with van der Waals surface area (Å²) < 4.78 is 41.7. The second kappa shape index (κ2) is 7.63. The van der Waals surface area contributed by atoms with Crippen LogP contribution in [0.25, 0.3) is 0 Å². The Morgan fingerprint density at radius 1 is 1.42 bits per heavy atom. The summed E-state index contributed by atoms with van der Waals surface area (Å²) in [7, 11) is 0. The molecule has 0 radical (unpaired) electrons. The van der Waals surface area contributed by atoms with E-state index in [1.807, 2.05) is 0 Å². The van der Waals surface area contributed by atoms with Gasteiger partial charge >= 0.3 is 0 Å².